The molecule has 1 heterocycles. The first-order valence-electron chi connectivity index (χ1n) is 9.34. The molecule has 0 aliphatic carbocycles. The maximum atomic E-state index is 4.34. The number of rotatable bonds is 9. The fourth-order valence-electron chi connectivity index (χ4n) is 2.78. The van der Waals surface area contributed by atoms with E-state index in [-0.39, 0.29) is 0 Å². The lowest BCUT2D eigenvalue weighted by molar-refractivity contribution is 0.345. The zero-order valence-electron chi connectivity index (χ0n) is 16.5. The van der Waals surface area contributed by atoms with E-state index in [1.807, 2.05) is 18.4 Å². The molecule has 0 aliphatic rings. The van der Waals surface area contributed by atoms with Crippen LogP contribution in [0, 0.1) is 5.92 Å². The smallest absolute Gasteiger partial charge is 0.191 e. The van der Waals surface area contributed by atoms with Crippen molar-refractivity contribution in [1.82, 2.24) is 15.5 Å². The Morgan fingerprint density at radius 2 is 2.00 bits per heavy atom. The lowest BCUT2D eigenvalue weighted by atomic mass is 10.1. The van der Waals surface area contributed by atoms with E-state index in [4.69, 9.17) is 0 Å². The van der Waals surface area contributed by atoms with Crippen LogP contribution in [0.2, 0.25) is 0 Å². The molecule has 1 atom stereocenters. The summed E-state index contributed by atoms with van der Waals surface area (Å²) in [6.07, 6.45) is 1.11. The number of benzene rings is 1. The van der Waals surface area contributed by atoms with E-state index in [1.165, 1.54) is 16.0 Å². The molecule has 0 saturated carbocycles. The van der Waals surface area contributed by atoms with Crippen molar-refractivity contribution < 1.29 is 0 Å². The third-order valence-electron chi connectivity index (χ3n) is 4.42. The zero-order chi connectivity index (χ0) is 18.8. The molecule has 26 heavy (non-hydrogen) atoms. The first-order chi connectivity index (χ1) is 12.6. The van der Waals surface area contributed by atoms with Gasteiger partial charge in [-0.1, -0.05) is 44.2 Å². The summed E-state index contributed by atoms with van der Waals surface area (Å²) in [6, 6.07) is 13.1. The number of hydrogen-bond donors (Lipinski definition) is 2. The third-order valence-corrected chi connectivity index (χ3v) is 5.31. The van der Waals surface area contributed by atoms with E-state index in [0.717, 1.165) is 38.6 Å². The quantitative estimate of drug-likeness (QED) is 0.520. The number of hydrogen-bond acceptors (Lipinski definition) is 3. The highest BCUT2D eigenvalue weighted by molar-refractivity contribution is 7.09. The highest BCUT2D eigenvalue weighted by atomic mass is 32.1. The molecular weight excluding hydrogens is 340 g/mol. The van der Waals surface area contributed by atoms with Crippen LogP contribution < -0.4 is 10.6 Å². The largest absolute Gasteiger partial charge is 0.356 e. The van der Waals surface area contributed by atoms with Crippen LogP contribution in [0.15, 0.2) is 46.8 Å². The summed E-state index contributed by atoms with van der Waals surface area (Å²) in [5.41, 5.74) is 2.63. The molecule has 142 valence electrons. The first kappa shape index (κ1) is 20.5. The van der Waals surface area contributed by atoms with Crippen LogP contribution in [0.1, 0.15) is 29.9 Å². The van der Waals surface area contributed by atoms with Gasteiger partial charge < -0.3 is 15.5 Å². The van der Waals surface area contributed by atoms with Gasteiger partial charge in [-0.15, -0.1) is 11.3 Å². The fraction of sp³-hybridized carbons (Fsp3) is 0.476. The van der Waals surface area contributed by atoms with Gasteiger partial charge in [0.25, 0.3) is 0 Å². The van der Waals surface area contributed by atoms with Crippen molar-refractivity contribution >= 4 is 17.3 Å². The average Bonchev–Trinajstić information content (AvgIpc) is 3.15. The SMILES string of the molecule is CCN(C)Cc1cccc(CNC(=NC)NCC(C)Cc2cccs2)c1. The molecule has 2 N–H and O–H groups in total. The minimum absolute atomic E-state index is 0.570. The van der Waals surface area contributed by atoms with Crippen molar-refractivity contribution in [3.05, 3.63) is 57.8 Å². The van der Waals surface area contributed by atoms with Crippen LogP contribution in [0.3, 0.4) is 0 Å². The van der Waals surface area contributed by atoms with Gasteiger partial charge in [0.1, 0.15) is 0 Å². The number of aliphatic imine (C=N–C) groups is 1. The maximum absolute atomic E-state index is 4.34. The van der Waals surface area contributed by atoms with Crippen LogP contribution in [-0.2, 0) is 19.5 Å². The third kappa shape index (κ3) is 7.18. The summed E-state index contributed by atoms with van der Waals surface area (Å²) in [6.45, 7) is 8.19. The van der Waals surface area contributed by atoms with Gasteiger partial charge in [0.15, 0.2) is 5.96 Å². The van der Waals surface area contributed by atoms with Gasteiger partial charge in [-0.2, -0.15) is 0 Å². The second-order valence-corrected chi connectivity index (χ2v) is 7.88. The van der Waals surface area contributed by atoms with E-state index >= 15 is 0 Å². The Bertz CT molecular complexity index is 666. The van der Waals surface area contributed by atoms with Crippen molar-refractivity contribution in [2.24, 2.45) is 10.9 Å². The molecule has 4 nitrogen and oxygen atoms in total. The molecule has 0 spiro atoms. The highest BCUT2D eigenvalue weighted by Gasteiger charge is 2.06. The molecule has 0 amide bonds. The summed E-state index contributed by atoms with van der Waals surface area (Å²) in [7, 11) is 3.97. The topological polar surface area (TPSA) is 39.7 Å². The van der Waals surface area contributed by atoms with Gasteiger partial charge in [0.2, 0.25) is 0 Å². The fourth-order valence-corrected chi connectivity index (χ4v) is 3.65. The molecule has 5 heteroatoms. The number of guanidine groups is 1. The molecule has 0 fully saturated rings. The normalized spacial score (nSPS) is 13.0. The molecule has 1 aromatic heterocycles. The van der Waals surface area contributed by atoms with Crippen LogP contribution in [0.5, 0.6) is 0 Å². The van der Waals surface area contributed by atoms with Gasteiger partial charge in [0.05, 0.1) is 0 Å². The lowest BCUT2D eigenvalue weighted by Crippen LogP contribution is -2.39. The molecule has 0 radical (unpaired) electrons. The summed E-state index contributed by atoms with van der Waals surface area (Å²) in [5, 5.41) is 9.01. The summed E-state index contributed by atoms with van der Waals surface area (Å²) >= 11 is 1.83. The molecule has 0 saturated heterocycles. The first-order valence-corrected chi connectivity index (χ1v) is 10.2. The predicted octanol–water partition coefficient (Wildman–Crippen LogP) is 3.74. The van der Waals surface area contributed by atoms with Crippen molar-refractivity contribution in [1.29, 1.82) is 0 Å². The summed E-state index contributed by atoms with van der Waals surface area (Å²) in [5.74, 6) is 1.43. The van der Waals surface area contributed by atoms with E-state index in [9.17, 15) is 0 Å². The van der Waals surface area contributed by atoms with E-state index in [2.05, 4.69) is 83.2 Å². The van der Waals surface area contributed by atoms with Gasteiger partial charge >= 0.3 is 0 Å². The Morgan fingerprint density at radius 3 is 2.69 bits per heavy atom. The number of thiophene rings is 1. The Hall–Kier alpha value is -1.85. The monoisotopic (exact) mass is 372 g/mol. The van der Waals surface area contributed by atoms with Gasteiger partial charge in [-0.3, -0.25) is 4.99 Å². The predicted molar refractivity (Wildman–Crippen MR) is 114 cm³/mol. The van der Waals surface area contributed by atoms with E-state index in [0.29, 0.717) is 5.92 Å². The molecular formula is C21H32N4S. The second kappa shape index (κ2) is 11.0. The van der Waals surface area contributed by atoms with Gasteiger partial charge in [-0.25, -0.2) is 0 Å². The lowest BCUT2D eigenvalue weighted by Gasteiger charge is -2.17. The Balaban J connectivity index is 1.78. The van der Waals surface area contributed by atoms with Gasteiger partial charge in [-0.05, 0) is 48.5 Å². The molecule has 1 unspecified atom stereocenters. The molecule has 1 aromatic carbocycles. The standard InChI is InChI=1S/C21H32N4S/c1-5-25(4)16-19-9-6-8-18(13-19)15-24-21(22-3)23-14-17(2)12-20-10-7-11-26-20/h6-11,13,17H,5,12,14-16H2,1-4H3,(H2,22,23,24). The van der Waals surface area contributed by atoms with Crippen LogP contribution >= 0.6 is 11.3 Å². The Morgan fingerprint density at radius 1 is 1.19 bits per heavy atom. The van der Waals surface area contributed by atoms with Crippen molar-refractivity contribution in [3.8, 4) is 0 Å². The van der Waals surface area contributed by atoms with Crippen LogP contribution in [0.4, 0.5) is 0 Å². The molecule has 2 aromatic rings. The minimum Gasteiger partial charge on any atom is -0.356 e. The number of nitrogens with one attached hydrogen (secondary N) is 2. The van der Waals surface area contributed by atoms with E-state index in [1.54, 1.807) is 0 Å². The van der Waals surface area contributed by atoms with Crippen LogP contribution in [0.25, 0.3) is 0 Å². The molecule has 0 aliphatic heterocycles. The van der Waals surface area contributed by atoms with E-state index < -0.39 is 0 Å². The van der Waals surface area contributed by atoms with Crippen molar-refractivity contribution in [3.63, 3.8) is 0 Å². The molecule has 2 rings (SSSR count). The average molecular weight is 373 g/mol. The summed E-state index contributed by atoms with van der Waals surface area (Å²) < 4.78 is 0. The molecule has 0 bridgehead atoms. The zero-order valence-corrected chi connectivity index (χ0v) is 17.3. The maximum Gasteiger partial charge on any atom is 0.191 e. The van der Waals surface area contributed by atoms with Crippen LogP contribution in [-0.4, -0.2) is 38.0 Å². The van der Waals surface area contributed by atoms with Gasteiger partial charge in [0, 0.05) is 31.6 Å². The number of nitrogens with zero attached hydrogens (tertiary/aromatic N) is 2. The Labute approximate surface area is 162 Å². The Kier molecular flexibility index (Phi) is 8.65. The second-order valence-electron chi connectivity index (χ2n) is 6.85. The summed E-state index contributed by atoms with van der Waals surface area (Å²) in [4.78, 5) is 8.09. The van der Waals surface area contributed by atoms with Crippen molar-refractivity contribution in [2.75, 3.05) is 27.2 Å². The minimum atomic E-state index is 0.570. The highest BCUT2D eigenvalue weighted by Crippen LogP contribution is 2.13. The van der Waals surface area contributed by atoms with Crippen molar-refractivity contribution in [2.45, 2.75) is 33.4 Å².